The van der Waals surface area contributed by atoms with Crippen LogP contribution in [-0.2, 0) is 6.54 Å². The van der Waals surface area contributed by atoms with Crippen molar-refractivity contribution in [1.82, 2.24) is 20.1 Å². The van der Waals surface area contributed by atoms with Gasteiger partial charge in [-0.3, -0.25) is 0 Å². The van der Waals surface area contributed by atoms with Crippen molar-refractivity contribution in [1.29, 1.82) is 0 Å². The Balaban J connectivity index is 1.80. The van der Waals surface area contributed by atoms with E-state index in [9.17, 15) is 4.79 Å². The Morgan fingerprint density at radius 1 is 1.33 bits per heavy atom. The van der Waals surface area contributed by atoms with Gasteiger partial charge in [-0.1, -0.05) is 11.2 Å². The highest BCUT2D eigenvalue weighted by Crippen LogP contribution is 2.22. The summed E-state index contributed by atoms with van der Waals surface area (Å²) in [5, 5.41) is 16.5. The second-order valence-electron chi connectivity index (χ2n) is 4.38. The molecule has 8 nitrogen and oxygen atoms in total. The summed E-state index contributed by atoms with van der Waals surface area (Å²) < 4.78 is 5.06. The summed E-state index contributed by atoms with van der Waals surface area (Å²) in [5.41, 5.74) is 1.97. The van der Waals surface area contributed by atoms with Crippen molar-refractivity contribution in [2.75, 3.05) is 5.32 Å². The van der Waals surface area contributed by atoms with Crippen molar-refractivity contribution in [3.8, 4) is 0 Å². The Morgan fingerprint density at radius 2 is 2.19 bits per heavy atom. The van der Waals surface area contributed by atoms with Crippen molar-refractivity contribution in [3.63, 3.8) is 0 Å². The van der Waals surface area contributed by atoms with Gasteiger partial charge in [0.25, 0.3) is 5.71 Å². The Labute approximate surface area is 118 Å². The molecule has 3 aromatic rings. The van der Waals surface area contributed by atoms with Crippen LogP contribution >= 0.6 is 0 Å². The first-order valence-corrected chi connectivity index (χ1v) is 6.14. The Bertz CT molecular complexity index is 797. The maximum absolute atomic E-state index is 10.7. The van der Waals surface area contributed by atoms with Crippen LogP contribution in [0.1, 0.15) is 21.7 Å². The van der Waals surface area contributed by atoms with Gasteiger partial charge in [-0.05, 0) is 18.6 Å². The summed E-state index contributed by atoms with van der Waals surface area (Å²) in [7, 11) is 0. The van der Waals surface area contributed by atoms with E-state index in [2.05, 4.69) is 25.4 Å². The van der Waals surface area contributed by atoms with Crippen molar-refractivity contribution in [2.24, 2.45) is 0 Å². The first kappa shape index (κ1) is 13.0. The third-order valence-corrected chi connectivity index (χ3v) is 2.95. The van der Waals surface area contributed by atoms with Gasteiger partial charge >= 0.3 is 5.97 Å². The van der Waals surface area contributed by atoms with Gasteiger partial charge in [0.05, 0.1) is 5.69 Å². The maximum atomic E-state index is 10.7. The molecule has 0 aliphatic carbocycles. The topological polar surface area (TPSA) is 114 Å². The number of nitrogens with zero attached hydrogens (tertiary/aromatic N) is 4. The number of aryl methyl sites for hydroxylation is 1. The quantitative estimate of drug-likeness (QED) is 0.743. The van der Waals surface area contributed by atoms with Gasteiger partial charge in [0.1, 0.15) is 23.2 Å². The van der Waals surface area contributed by atoms with E-state index in [0.29, 0.717) is 23.8 Å². The fourth-order valence-electron chi connectivity index (χ4n) is 1.90. The molecule has 3 heterocycles. The lowest BCUT2D eigenvalue weighted by Gasteiger charge is -2.06. The first-order valence-electron chi connectivity index (χ1n) is 6.14. The molecule has 0 aliphatic heterocycles. The fourth-order valence-corrected chi connectivity index (χ4v) is 1.90. The van der Waals surface area contributed by atoms with Crippen LogP contribution in [0.2, 0.25) is 0 Å². The summed E-state index contributed by atoms with van der Waals surface area (Å²) in [6, 6.07) is 3.15. The van der Waals surface area contributed by atoms with Crippen molar-refractivity contribution >= 4 is 22.9 Å². The van der Waals surface area contributed by atoms with Gasteiger partial charge in [0.15, 0.2) is 0 Å². The number of anilines is 1. The molecular formula is C13H11N5O3. The smallest absolute Gasteiger partial charge is 0.354 e. The van der Waals surface area contributed by atoms with E-state index in [0.717, 1.165) is 10.9 Å². The van der Waals surface area contributed by atoms with E-state index in [1.54, 1.807) is 6.07 Å². The van der Waals surface area contributed by atoms with Gasteiger partial charge in [-0.2, -0.15) is 4.98 Å². The van der Waals surface area contributed by atoms with Crippen LogP contribution in [-0.4, -0.2) is 31.2 Å². The van der Waals surface area contributed by atoms with Crippen LogP contribution < -0.4 is 5.32 Å². The fraction of sp³-hybridized carbons (Fsp3) is 0.154. The summed E-state index contributed by atoms with van der Waals surface area (Å²) >= 11 is 0. The number of aromatic nitrogens is 4. The minimum Gasteiger partial charge on any atom is -0.477 e. The van der Waals surface area contributed by atoms with E-state index in [1.807, 2.05) is 6.92 Å². The summed E-state index contributed by atoms with van der Waals surface area (Å²) in [6.07, 6.45) is 2.90. The Kier molecular flexibility index (Phi) is 3.19. The number of pyridine rings is 1. The normalized spacial score (nSPS) is 10.7. The van der Waals surface area contributed by atoms with Gasteiger partial charge in [0.2, 0.25) is 0 Å². The minimum absolute atomic E-state index is 0.0121. The van der Waals surface area contributed by atoms with E-state index in [4.69, 9.17) is 9.63 Å². The molecule has 3 rings (SSSR count). The van der Waals surface area contributed by atoms with Crippen LogP contribution in [0.25, 0.3) is 11.1 Å². The molecule has 0 atom stereocenters. The molecule has 0 radical (unpaired) electrons. The molecule has 0 aromatic carbocycles. The summed E-state index contributed by atoms with van der Waals surface area (Å²) in [5.74, 6) is -0.437. The lowest BCUT2D eigenvalue weighted by molar-refractivity contribution is 0.0690. The molecule has 2 N–H and O–H groups in total. The zero-order chi connectivity index (χ0) is 14.8. The lowest BCUT2D eigenvalue weighted by atomic mass is 10.2. The molecule has 0 saturated carbocycles. The van der Waals surface area contributed by atoms with Gasteiger partial charge in [-0.15, -0.1) is 0 Å². The van der Waals surface area contributed by atoms with Crippen LogP contribution in [0.5, 0.6) is 0 Å². The largest absolute Gasteiger partial charge is 0.477 e. The number of carboxylic acid groups (broad SMARTS) is 1. The van der Waals surface area contributed by atoms with Crippen LogP contribution in [0, 0.1) is 6.92 Å². The van der Waals surface area contributed by atoms with E-state index in [1.165, 1.54) is 18.6 Å². The molecule has 0 spiro atoms. The monoisotopic (exact) mass is 285 g/mol. The third-order valence-electron chi connectivity index (χ3n) is 2.95. The number of hydrogen-bond donors (Lipinski definition) is 2. The highest BCUT2D eigenvalue weighted by atomic mass is 16.5. The van der Waals surface area contributed by atoms with Crippen molar-refractivity contribution in [2.45, 2.75) is 13.5 Å². The Hall–Kier alpha value is -3.03. The number of nitrogens with one attached hydrogen (secondary N) is 1. The first-order chi connectivity index (χ1) is 10.1. The molecule has 0 bridgehead atoms. The number of carboxylic acids is 1. The summed E-state index contributed by atoms with van der Waals surface area (Å²) in [6.45, 7) is 2.26. The molecule has 0 unspecified atom stereocenters. The molecule has 0 fully saturated rings. The molecule has 0 aliphatic rings. The SMILES string of the molecule is Cc1noc2ncnc(NCc3ccc(C(=O)O)nc3)c12. The third kappa shape index (κ3) is 2.50. The standard InChI is InChI=1S/C13H11N5O3/c1-7-10-11(16-6-17-12(10)21-18-7)15-5-8-2-3-9(13(19)20)14-4-8/h2-4,6H,5H2,1H3,(H,19,20)(H,15,16,17). The number of fused-ring (bicyclic) bond motifs is 1. The lowest BCUT2D eigenvalue weighted by Crippen LogP contribution is -2.05. The average molecular weight is 285 g/mol. The zero-order valence-electron chi connectivity index (χ0n) is 11.1. The van der Waals surface area contributed by atoms with Crippen molar-refractivity contribution in [3.05, 3.63) is 41.6 Å². The Morgan fingerprint density at radius 3 is 2.90 bits per heavy atom. The molecule has 0 amide bonds. The molecule has 21 heavy (non-hydrogen) atoms. The van der Waals surface area contributed by atoms with Gasteiger partial charge < -0.3 is 14.9 Å². The number of aromatic carboxylic acids is 1. The number of hydrogen-bond acceptors (Lipinski definition) is 7. The van der Waals surface area contributed by atoms with Crippen molar-refractivity contribution < 1.29 is 14.4 Å². The maximum Gasteiger partial charge on any atom is 0.354 e. The second-order valence-corrected chi connectivity index (χ2v) is 4.38. The molecule has 3 aromatic heterocycles. The molecule has 0 saturated heterocycles. The predicted molar refractivity (Wildman–Crippen MR) is 72.9 cm³/mol. The zero-order valence-corrected chi connectivity index (χ0v) is 11.1. The number of carbonyl (C=O) groups is 1. The van der Waals surface area contributed by atoms with E-state index in [-0.39, 0.29) is 5.69 Å². The highest BCUT2D eigenvalue weighted by molar-refractivity contribution is 5.87. The van der Waals surface area contributed by atoms with Gasteiger partial charge in [0, 0.05) is 12.7 Å². The average Bonchev–Trinajstić information content (AvgIpc) is 2.88. The van der Waals surface area contributed by atoms with Crippen LogP contribution in [0.15, 0.2) is 29.2 Å². The van der Waals surface area contributed by atoms with E-state index >= 15 is 0 Å². The predicted octanol–water partition coefficient (Wildman–Crippen LogP) is 1.63. The molecular weight excluding hydrogens is 274 g/mol. The molecule has 8 heteroatoms. The van der Waals surface area contributed by atoms with Gasteiger partial charge in [-0.25, -0.2) is 14.8 Å². The van der Waals surface area contributed by atoms with Crippen LogP contribution in [0.4, 0.5) is 5.82 Å². The highest BCUT2D eigenvalue weighted by Gasteiger charge is 2.11. The summed E-state index contributed by atoms with van der Waals surface area (Å²) in [4.78, 5) is 22.7. The van der Waals surface area contributed by atoms with E-state index < -0.39 is 5.97 Å². The number of rotatable bonds is 4. The minimum atomic E-state index is -1.05. The second kappa shape index (κ2) is 5.16. The van der Waals surface area contributed by atoms with Crippen LogP contribution in [0.3, 0.4) is 0 Å². The molecule has 106 valence electrons.